The van der Waals surface area contributed by atoms with Crippen molar-refractivity contribution in [3.8, 4) is 17.1 Å². The number of nitrogens with one attached hydrogen (secondary N) is 3. The number of hydrogen-bond donors (Lipinski definition) is 3. The molecule has 0 spiro atoms. The van der Waals surface area contributed by atoms with Gasteiger partial charge in [0.2, 0.25) is 0 Å². The molecule has 3 N–H and O–H groups in total. The number of carbonyl (C=O) groups excluding carboxylic acids is 1. The second kappa shape index (κ2) is 8.68. The molecule has 8 nitrogen and oxygen atoms in total. The number of rotatable bonds is 6. The zero-order valence-electron chi connectivity index (χ0n) is 17.1. The fraction of sp³-hybridized carbons (Fsp3) is 0.0417. The molecular weight excluding hydrogens is 444 g/mol. The van der Waals surface area contributed by atoms with Crippen LogP contribution >= 0.6 is 11.6 Å². The molecule has 0 saturated carbocycles. The van der Waals surface area contributed by atoms with Gasteiger partial charge in [0.15, 0.2) is 5.82 Å². The fourth-order valence-corrected chi connectivity index (χ4v) is 3.59. The van der Waals surface area contributed by atoms with Crippen molar-refractivity contribution in [2.24, 2.45) is 0 Å². The van der Waals surface area contributed by atoms with Gasteiger partial charge < -0.3 is 15.0 Å². The largest absolute Gasteiger partial charge is 0.489 e. The van der Waals surface area contributed by atoms with Crippen molar-refractivity contribution >= 4 is 34.1 Å². The Hall–Kier alpha value is -4.30. The molecule has 5 rings (SSSR count). The summed E-state index contributed by atoms with van der Waals surface area (Å²) in [5, 5.41) is 7.78. The van der Waals surface area contributed by atoms with E-state index in [2.05, 4.69) is 25.0 Å². The van der Waals surface area contributed by atoms with Crippen molar-refractivity contribution in [1.82, 2.24) is 15.1 Å². The molecule has 2 heterocycles. The summed E-state index contributed by atoms with van der Waals surface area (Å²) in [6, 6.07) is 22.0. The highest BCUT2D eigenvalue weighted by Gasteiger charge is 2.16. The molecule has 3 aromatic carbocycles. The number of fused-ring (bicyclic) bond motifs is 1. The molecule has 0 fully saturated rings. The van der Waals surface area contributed by atoms with Crippen molar-refractivity contribution in [2.45, 2.75) is 6.61 Å². The normalized spacial score (nSPS) is 10.9. The van der Waals surface area contributed by atoms with Gasteiger partial charge in [-0.15, -0.1) is 0 Å². The third-order valence-corrected chi connectivity index (χ3v) is 5.25. The minimum atomic E-state index is -0.705. The van der Waals surface area contributed by atoms with Gasteiger partial charge in [-0.1, -0.05) is 47.1 Å². The second-order valence-corrected chi connectivity index (χ2v) is 7.73. The van der Waals surface area contributed by atoms with Crippen molar-refractivity contribution in [2.75, 3.05) is 5.32 Å². The number of anilines is 1. The lowest BCUT2D eigenvalue weighted by atomic mass is 10.1. The van der Waals surface area contributed by atoms with Crippen molar-refractivity contribution in [1.29, 1.82) is 0 Å². The predicted octanol–water partition coefficient (Wildman–Crippen LogP) is 5.00. The number of halogens is 1. The molecule has 9 heteroatoms. The fourth-order valence-electron chi connectivity index (χ4n) is 3.42. The molecule has 0 radical (unpaired) electrons. The van der Waals surface area contributed by atoms with Gasteiger partial charge in [-0.05, 0) is 42.0 Å². The highest BCUT2D eigenvalue weighted by atomic mass is 35.5. The highest BCUT2D eigenvalue weighted by Crippen LogP contribution is 2.29. The highest BCUT2D eigenvalue weighted by molar-refractivity contribution is 6.31. The molecule has 1 amide bonds. The summed E-state index contributed by atoms with van der Waals surface area (Å²) in [6.45, 7) is 0.448. The van der Waals surface area contributed by atoms with E-state index in [0.717, 1.165) is 16.5 Å². The third-order valence-electron chi connectivity index (χ3n) is 5.01. The van der Waals surface area contributed by atoms with Crippen LogP contribution < -0.4 is 15.8 Å². The molecular formula is C24H17ClN4O4. The first-order valence-electron chi connectivity index (χ1n) is 10.0. The molecule has 0 atom stereocenters. The van der Waals surface area contributed by atoms with Gasteiger partial charge in [-0.2, -0.15) is 0 Å². The lowest BCUT2D eigenvalue weighted by Crippen LogP contribution is -2.13. The predicted molar refractivity (Wildman–Crippen MR) is 125 cm³/mol. The van der Waals surface area contributed by atoms with E-state index in [-0.39, 0.29) is 11.7 Å². The number of carbonyl (C=O) groups is 1. The maximum atomic E-state index is 12.9. The standard InChI is InChI=1S/C24H17ClN4O4/c25-16-7-9-19(18(11-16)22-28-24(31)33-29-22)27-23(30)21-10-15-6-8-17(12-20(15)26-21)32-13-14-4-2-1-3-5-14/h1-12,26H,13H2,(H,27,30)(H,28,29,31). The maximum Gasteiger partial charge on any atom is 0.439 e. The Bertz CT molecular complexity index is 1500. The van der Waals surface area contributed by atoms with Gasteiger partial charge in [0.1, 0.15) is 18.1 Å². The van der Waals surface area contributed by atoms with E-state index in [0.29, 0.717) is 34.3 Å². The van der Waals surface area contributed by atoms with Crippen LogP contribution in [-0.4, -0.2) is 21.0 Å². The summed E-state index contributed by atoms with van der Waals surface area (Å²) in [5.41, 5.74) is 3.04. The first-order valence-corrected chi connectivity index (χ1v) is 10.4. The smallest absolute Gasteiger partial charge is 0.439 e. The van der Waals surface area contributed by atoms with E-state index in [4.69, 9.17) is 16.3 Å². The number of aromatic nitrogens is 3. The number of amides is 1. The lowest BCUT2D eigenvalue weighted by molar-refractivity contribution is 0.102. The van der Waals surface area contributed by atoms with Gasteiger partial charge in [-0.25, -0.2) is 4.79 Å². The van der Waals surface area contributed by atoms with Crippen molar-refractivity contribution in [3.63, 3.8) is 0 Å². The van der Waals surface area contributed by atoms with Crippen LogP contribution in [0.15, 0.2) is 82.1 Å². The monoisotopic (exact) mass is 460 g/mol. The molecule has 164 valence electrons. The zero-order valence-corrected chi connectivity index (χ0v) is 17.8. The number of H-pyrrole nitrogens is 2. The molecule has 33 heavy (non-hydrogen) atoms. The van der Waals surface area contributed by atoms with Gasteiger partial charge in [0, 0.05) is 27.6 Å². The van der Waals surface area contributed by atoms with Crippen LogP contribution in [0.2, 0.25) is 5.02 Å². The summed E-state index contributed by atoms with van der Waals surface area (Å²) in [4.78, 5) is 29.8. The summed E-state index contributed by atoms with van der Waals surface area (Å²) >= 11 is 6.08. The topological polar surface area (TPSA) is 113 Å². The van der Waals surface area contributed by atoms with Gasteiger partial charge in [0.25, 0.3) is 5.91 Å². The van der Waals surface area contributed by atoms with E-state index < -0.39 is 5.76 Å². The van der Waals surface area contributed by atoms with Gasteiger partial charge in [0.05, 0.1) is 5.69 Å². The van der Waals surface area contributed by atoms with Crippen LogP contribution in [0.5, 0.6) is 5.75 Å². The average molecular weight is 461 g/mol. The molecule has 0 aliphatic carbocycles. The number of aromatic amines is 2. The summed E-state index contributed by atoms with van der Waals surface area (Å²) in [6.07, 6.45) is 0. The van der Waals surface area contributed by atoms with Crippen LogP contribution in [0, 0.1) is 0 Å². The first-order chi connectivity index (χ1) is 16.0. The molecule has 0 aliphatic rings. The minimum absolute atomic E-state index is 0.162. The molecule has 0 saturated heterocycles. The van der Waals surface area contributed by atoms with E-state index >= 15 is 0 Å². The number of benzene rings is 3. The SMILES string of the molecule is O=C(Nc1ccc(Cl)cc1-c1noc(=O)[nH]1)c1cc2ccc(OCc3ccccc3)cc2[nH]1. The Kier molecular flexibility index (Phi) is 5.42. The Labute approximate surface area is 192 Å². The quantitative estimate of drug-likeness (QED) is 0.330. The number of hydrogen-bond acceptors (Lipinski definition) is 5. The molecule has 0 aliphatic heterocycles. The van der Waals surface area contributed by atoms with Crippen LogP contribution in [0.1, 0.15) is 16.1 Å². The Balaban J connectivity index is 1.36. The van der Waals surface area contributed by atoms with E-state index in [9.17, 15) is 9.59 Å². The Morgan fingerprint density at radius 3 is 2.67 bits per heavy atom. The molecule has 2 aromatic heterocycles. The molecule has 5 aromatic rings. The van der Waals surface area contributed by atoms with Crippen LogP contribution in [0.25, 0.3) is 22.3 Å². The third kappa shape index (κ3) is 4.51. The van der Waals surface area contributed by atoms with E-state index in [1.807, 2.05) is 48.5 Å². The minimum Gasteiger partial charge on any atom is -0.489 e. The summed E-state index contributed by atoms with van der Waals surface area (Å²) in [7, 11) is 0. The van der Waals surface area contributed by atoms with E-state index in [1.165, 1.54) is 0 Å². The molecule has 0 bridgehead atoms. The Morgan fingerprint density at radius 1 is 1.03 bits per heavy atom. The lowest BCUT2D eigenvalue weighted by Gasteiger charge is -2.08. The second-order valence-electron chi connectivity index (χ2n) is 7.29. The summed E-state index contributed by atoms with van der Waals surface area (Å²) < 4.78 is 10.4. The first kappa shape index (κ1) is 20.6. The zero-order chi connectivity index (χ0) is 22.8. The Morgan fingerprint density at radius 2 is 1.88 bits per heavy atom. The van der Waals surface area contributed by atoms with Gasteiger partial charge >= 0.3 is 5.76 Å². The molecule has 0 unspecified atom stereocenters. The maximum absolute atomic E-state index is 12.9. The number of ether oxygens (including phenoxy) is 1. The number of nitrogens with zero attached hydrogens (tertiary/aromatic N) is 1. The van der Waals surface area contributed by atoms with Gasteiger partial charge in [-0.3, -0.25) is 14.3 Å². The average Bonchev–Trinajstić information content (AvgIpc) is 3.45. The van der Waals surface area contributed by atoms with Crippen LogP contribution in [0.4, 0.5) is 5.69 Å². The summed E-state index contributed by atoms with van der Waals surface area (Å²) in [5.74, 6) is -0.222. The van der Waals surface area contributed by atoms with Crippen molar-refractivity contribution < 1.29 is 14.1 Å². The van der Waals surface area contributed by atoms with E-state index in [1.54, 1.807) is 24.3 Å². The van der Waals surface area contributed by atoms with Crippen LogP contribution in [-0.2, 0) is 6.61 Å². The van der Waals surface area contributed by atoms with Crippen molar-refractivity contribution in [3.05, 3.63) is 99.6 Å². The van der Waals surface area contributed by atoms with Crippen LogP contribution in [0.3, 0.4) is 0 Å².